The van der Waals surface area contributed by atoms with Crippen LogP contribution in [0.25, 0.3) is 0 Å². The lowest BCUT2D eigenvalue weighted by atomic mass is 10.1. The van der Waals surface area contributed by atoms with Crippen LogP contribution in [0.4, 0.5) is 0 Å². The lowest BCUT2D eigenvalue weighted by Gasteiger charge is -2.20. The van der Waals surface area contributed by atoms with Gasteiger partial charge < -0.3 is 25.8 Å². The summed E-state index contributed by atoms with van der Waals surface area (Å²) in [6, 6.07) is 7.26. The maximum absolute atomic E-state index is 12.4. The number of rotatable bonds is 12. The van der Waals surface area contributed by atoms with E-state index in [0.717, 1.165) is 18.4 Å². The van der Waals surface area contributed by atoms with E-state index >= 15 is 0 Å². The van der Waals surface area contributed by atoms with E-state index in [1.165, 1.54) is 6.08 Å². The maximum Gasteiger partial charge on any atom is 0.331 e. The standard InChI is InChI=1S/C20H27N3O5.ClH/c1-2-10-27-13-17(20(26)28-12-14-6-4-3-5-7-14)23-19(25)16(21)11-18(24)22-15-8-9-15;/h2-7,15-17H,1,8-13,21H2,(H,22,24)(H,23,25);1H/t16-,17-;/m0./s1. The van der Waals surface area contributed by atoms with Crippen molar-refractivity contribution in [1.82, 2.24) is 10.6 Å². The Hall–Kier alpha value is -2.42. The van der Waals surface area contributed by atoms with Crippen LogP contribution in [0.1, 0.15) is 24.8 Å². The molecule has 0 radical (unpaired) electrons. The van der Waals surface area contributed by atoms with E-state index in [9.17, 15) is 14.4 Å². The van der Waals surface area contributed by atoms with Gasteiger partial charge in [0.05, 0.1) is 25.7 Å². The second-order valence-corrected chi connectivity index (χ2v) is 6.63. The molecule has 0 aliphatic heterocycles. The van der Waals surface area contributed by atoms with E-state index < -0.39 is 24.0 Å². The highest BCUT2D eigenvalue weighted by atomic mass is 35.5. The van der Waals surface area contributed by atoms with Crippen molar-refractivity contribution in [2.24, 2.45) is 5.73 Å². The van der Waals surface area contributed by atoms with Crippen LogP contribution >= 0.6 is 12.4 Å². The van der Waals surface area contributed by atoms with E-state index in [1.807, 2.05) is 30.3 Å². The van der Waals surface area contributed by atoms with Crippen LogP contribution < -0.4 is 16.4 Å². The fourth-order valence-electron chi connectivity index (χ4n) is 2.35. The quantitative estimate of drug-likeness (QED) is 0.259. The molecule has 2 atom stereocenters. The summed E-state index contributed by atoms with van der Waals surface area (Å²) >= 11 is 0. The first kappa shape index (κ1) is 24.6. The third kappa shape index (κ3) is 9.56. The van der Waals surface area contributed by atoms with Gasteiger partial charge >= 0.3 is 5.97 Å². The highest BCUT2D eigenvalue weighted by Gasteiger charge is 2.28. The molecule has 1 aromatic rings. The number of carbonyl (C=O) groups excluding carboxylic acids is 3. The van der Waals surface area contributed by atoms with Crippen LogP contribution in [-0.2, 0) is 30.5 Å². The highest BCUT2D eigenvalue weighted by Crippen LogP contribution is 2.18. The molecule has 160 valence electrons. The first-order chi connectivity index (χ1) is 13.5. The molecule has 8 nitrogen and oxygen atoms in total. The first-order valence-electron chi connectivity index (χ1n) is 9.24. The topological polar surface area (TPSA) is 120 Å². The van der Waals surface area contributed by atoms with Crippen molar-refractivity contribution < 1.29 is 23.9 Å². The van der Waals surface area contributed by atoms with E-state index in [2.05, 4.69) is 17.2 Å². The van der Waals surface area contributed by atoms with E-state index in [0.29, 0.717) is 0 Å². The molecule has 4 N–H and O–H groups in total. The third-order valence-electron chi connectivity index (χ3n) is 4.03. The van der Waals surface area contributed by atoms with Crippen molar-refractivity contribution in [3.8, 4) is 0 Å². The second-order valence-electron chi connectivity index (χ2n) is 6.63. The van der Waals surface area contributed by atoms with Gasteiger partial charge in [-0.3, -0.25) is 9.59 Å². The largest absolute Gasteiger partial charge is 0.459 e. The number of hydrogen-bond donors (Lipinski definition) is 3. The van der Waals surface area contributed by atoms with E-state index in [1.54, 1.807) is 0 Å². The van der Waals surface area contributed by atoms with Crippen molar-refractivity contribution in [1.29, 1.82) is 0 Å². The zero-order chi connectivity index (χ0) is 20.4. The average molecular weight is 426 g/mol. The number of nitrogens with two attached hydrogens (primary N) is 1. The molecular weight excluding hydrogens is 398 g/mol. The molecule has 2 rings (SSSR count). The molecule has 1 fully saturated rings. The highest BCUT2D eigenvalue weighted by molar-refractivity contribution is 5.91. The lowest BCUT2D eigenvalue weighted by molar-refractivity contribution is -0.151. The molecule has 0 unspecified atom stereocenters. The van der Waals surface area contributed by atoms with Gasteiger partial charge in [-0.1, -0.05) is 36.4 Å². The molecule has 1 aliphatic carbocycles. The van der Waals surface area contributed by atoms with Gasteiger partial charge in [-0.2, -0.15) is 0 Å². The Kier molecular flexibility index (Phi) is 11.0. The summed E-state index contributed by atoms with van der Waals surface area (Å²) in [6.07, 6.45) is 3.27. The molecular formula is C20H28ClN3O5. The van der Waals surface area contributed by atoms with Gasteiger partial charge in [0.15, 0.2) is 6.04 Å². The minimum absolute atomic E-state index is 0. The number of ether oxygens (including phenoxy) is 2. The zero-order valence-corrected chi connectivity index (χ0v) is 17.0. The summed E-state index contributed by atoms with van der Waals surface area (Å²) in [7, 11) is 0. The Balaban J connectivity index is 0.00000420. The number of halogens is 1. The fourth-order valence-corrected chi connectivity index (χ4v) is 2.35. The third-order valence-corrected chi connectivity index (χ3v) is 4.03. The van der Waals surface area contributed by atoms with E-state index in [4.69, 9.17) is 15.2 Å². The molecule has 0 saturated heterocycles. The van der Waals surface area contributed by atoms with Gasteiger partial charge in [-0.05, 0) is 18.4 Å². The number of carbonyl (C=O) groups is 3. The van der Waals surface area contributed by atoms with Crippen molar-refractivity contribution in [2.75, 3.05) is 13.2 Å². The van der Waals surface area contributed by atoms with Crippen molar-refractivity contribution in [3.63, 3.8) is 0 Å². The summed E-state index contributed by atoms with van der Waals surface area (Å²) in [5.74, 6) is -1.54. The summed E-state index contributed by atoms with van der Waals surface area (Å²) < 4.78 is 10.6. The number of hydrogen-bond acceptors (Lipinski definition) is 6. The SMILES string of the molecule is C=CCOC[C@H](NC(=O)[C@@H](N)CC(=O)NC1CC1)C(=O)OCc1ccccc1.Cl. The number of benzene rings is 1. The van der Waals surface area contributed by atoms with Crippen LogP contribution in [0.2, 0.25) is 0 Å². The second kappa shape index (κ2) is 12.9. The van der Waals surface area contributed by atoms with Crippen LogP contribution in [0.3, 0.4) is 0 Å². The molecule has 1 saturated carbocycles. The van der Waals surface area contributed by atoms with Gasteiger partial charge in [-0.15, -0.1) is 19.0 Å². The Labute approximate surface area is 176 Å². The zero-order valence-electron chi connectivity index (χ0n) is 16.2. The molecule has 29 heavy (non-hydrogen) atoms. The average Bonchev–Trinajstić information content (AvgIpc) is 3.49. The van der Waals surface area contributed by atoms with Gasteiger partial charge in [0.25, 0.3) is 0 Å². The minimum atomic E-state index is -1.07. The molecule has 2 amide bonds. The Bertz CT molecular complexity index is 682. The normalized spacial score (nSPS) is 14.7. The monoisotopic (exact) mass is 425 g/mol. The smallest absolute Gasteiger partial charge is 0.331 e. The Morgan fingerprint density at radius 1 is 1.24 bits per heavy atom. The molecule has 0 bridgehead atoms. The van der Waals surface area contributed by atoms with Crippen molar-refractivity contribution >= 4 is 30.2 Å². The Morgan fingerprint density at radius 2 is 1.93 bits per heavy atom. The van der Waals surface area contributed by atoms with E-state index in [-0.39, 0.29) is 50.6 Å². The van der Waals surface area contributed by atoms with Crippen molar-refractivity contribution in [2.45, 2.75) is 44.0 Å². The molecule has 1 aliphatic rings. The number of esters is 1. The molecule has 0 aromatic heterocycles. The molecule has 0 heterocycles. The molecule has 0 spiro atoms. The van der Waals surface area contributed by atoms with Gasteiger partial charge in [0.2, 0.25) is 11.8 Å². The summed E-state index contributed by atoms with van der Waals surface area (Å²) in [4.78, 5) is 36.5. The van der Waals surface area contributed by atoms with Crippen LogP contribution in [0.15, 0.2) is 43.0 Å². The summed E-state index contributed by atoms with van der Waals surface area (Å²) in [5, 5.41) is 5.28. The molecule has 9 heteroatoms. The maximum atomic E-state index is 12.4. The molecule has 1 aromatic carbocycles. The summed E-state index contributed by atoms with van der Waals surface area (Å²) in [5.41, 5.74) is 6.62. The predicted molar refractivity (Wildman–Crippen MR) is 110 cm³/mol. The number of nitrogens with one attached hydrogen (secondary N) is 2. The first-order valence-corrected chi connectivity index (χ1v) is 9.24. The van der Waals surface area contributed by atoms with Crippen LogP contribution in [-0.4, -0.2) is 49.1 Å². The van der Waals surface area contributed by atoms with Gasteiger partial charge in [-0.25, -0.2) is 4.79 Å². The van der Waals surface area contributed by atoms with Crippen LogP contribution in [0.5, 0.6) is 0 Å². The van der Waals surface area contributed by atoms with Gasteiger partial charge in [0, 0.05) is 6.04 Å². The van der Waals surface area contributed by atoms with Crippen LogP contribution in [0, 0.1) is 0 Å². The lowest BCUT2D eigenvalue weighted by Crippen LogP contribution is -2.52. The van der Waals surface area contributed by atoms with Gasteiger partial charge in [0.1, 0.15) is 6.61 Å². The number of amides is 2. The Morgan fingerprint density at radius 3 is 2.55 bits per heavy atom. The predicted octanol–water partition coefficient (Wildman–Crippen LogP) is 0.835. The fraction of sp³-hybridized carbons (Fsp3) is 0.450. The summed E-state index contributed by atoms with van der Waals surface area (Å²) in [6.45, 7) is 3.73. The minimum Gasteiger partial charge on any atom is -0.459 e. The van der Waals surface area contributed by atoms with Crippen molar-refractivity contribution in [3.05, 3.63) is 48.6 Å².